The zero-order valence-corrected chi connectivity index (χ0v) is 15.2. The van der Waals surface area contributed by atoms with Gasteiger partial charge in [0, 0.05) is 22.8 Å². The van der Waals surface area contributed by atoms with Gasteiger partial charge in [-0.3, -0.25) is 9.20 Å². The minimum Gasteiger partial charge on any atom is -0.323 e. The number of anilines is 1. The van der Waals surface area contributed by atoms with Gasteiger partial charge in [-0.2, -0.15) is 0 Å². The molecule has 0 fully saturated rings. The number of aryl methyl sites for hydroxylation is 1. The number of nitrogens with one attached hydrogen (secondary N) is 1. The molecule has 27 heavy (non-hydrogen) atoms. The lowest BCUT2D eigenvalue weighted by Crippen LogP contribution is -2.16. The number of thiazole rings is 1. The Labute approximate surface area is 158 Å². The predicted octanol–water partition coefficient (Wildman–Crippen LogP) is 4.83. The molecule has 4 nitrogen and oxygen atoms in total. The van der Waals surface area contributed by atoms with Gasteiger partial charge in [0.1, 0.15) is 11.6 Å². The van der Waals surface area contributed by atoms with E-state index in [0.29, 0.717) is 5.69 Å². The molecule has 2 aromatic heterocycles. The lowest BCUT2D eigenvalue weighted by Gasteiger charge is -2.06. The number of rotatable bonds is 4. The first-order chi connectivity index (χ1) is 13.0. The molecule has 0 saturated carbocycles. The first-order valence-electron chi connectivity index (χ1n) is 8.27. The Kier molecular flexibility index (Phi) is 4.45. The molecule has 0 aliphatic rings. The SMILES string of the molecule is Cc1ccc(NC(=O)Cc2csc3nc(-c4ccc(F)cc4)cn23)c(F)c1. The molecule has 2 heterocycles. The summed E-state index contributed by atoms with van der Waals surface area (Å²) in [7, 11) is 0. The number of amides is 1. The first kappa shape index (κ1) is 17.4. The molecule has 0 aliphatic carbocycles. The molecule has 0 radical (unpaired) electrons. The van der Waals surface area contributed by atoms with E-state index >= 15 is 0 Å². The molecule has 0 atom stereocenters. The van der Waals surface area contributed by atoms with Crippen LogP contribution in [-0.4, -0.2) is 15.3 Å². The molecule has 1 amide bonds. The number of hydrogen-bond donors (Lipinski definition) is 1. The van der Waals surface area contributed by atoms with Crippen molar-refractivity contribution >= 4 is 27.9 Å². The summed E-state index contributed by atoms with van der Waals surface area (Å²) in [5.74, 6) is -1.07. The minimum absolute atomic E-state index is 0.0898. The molecule has 4 aromatic rings. The van der Waals surface area contributed by atoms with E-state index in [9.17, 15) is 13.6 Å². The first-order valence-corrected chi connectivity index (χ1v) is 9.15. The van der Waals surface area contributed by atoms with Crippen molar-refractivity contribution in [2.45, 2.75) is 13.3 Å². The van der Waals surface area contributed by atoms with E-state index in [-0.39, 0.29) is 23.8 Å². The van der Waals surface area contributed by atoms with Crippen molar-refractivity contribution in [1.82, 2.24) is 9.38 Å². The van der Waals surface area contributed by atoms with E-state index < -0.39 is 5.82 Å². The number of benzene rings is 2. The van der Waals surface area contributed by atoms with Crippen molar-refractivity contribution in [2.24, 2.45) is 0 Å². The number of nitrogens with zero attached hydrogens (tertiary/aromatic N) is 2. The summed E-state index contributed by atoms with van der Waals surface area (Å²) in [6.45, 7) is 1.79. The van der Waals surface area contributed by atoms with Gasteiger partial charge in [-0.25, -0.2) is 13.8 Å². The molecule has 0 unspecified atom stereocenters. The van der Waals surface area contributed by atoms with Crippen LogP contribution in [0, 0.1) is 18.6 Å². The summed E-state index contributed by atoms with van der Waals surface area (Å²) >= 11 is 1.41. The number of carbonyl (C=O) groups excluding carboxylic acids is 1. The van der Waals surface area contributed by atoms with Crippen molar-refractivity contribution in [3.8, 4) is 11.3 Å². The van der Waals surface area contributed by atoms with Gasteiger partial charge in [0.2, 0.25) is 5.91 Å². The number of hydrogen-bond acceptors (Lipinski definition) is 3. The van der Waals surface area contributed by atoms with Crippen LogP contribution in [-0.2, 0) is 11.2 Å². The average Bonchev–Trinajstić information content (AvgIpc) is 3.20. The zero-order chi connectivity index (χ0) is 19.0. The van der Waals surface area contributed by atoms with Crippen LogP contribution < -0.4 is 5.32 Å². The number of carbonyl (C=O) groups is 1. The zero-order valence-electron chi connectivity index (χ0n) is 14.4. The van der Waals surface area contributed by atoms with Crippen LogP contribution in [0.2, 0.25) is 0 Å². The summed E-state index contributed by atoms with van der Waals surface area (Å²) in [5, 5.41) is 4.45. The monoisotopic (exact) mass is 383 g/mol. The van der Waals surface area contributed by atoms with Gasteiger partial charge in [-0.15, -0.1) is 11.3 Å². The number of imidazole rings is 1. The fraction of sp³-hybridized carbons (Fsp3) is 0.100. The molecule has 0 saturated heterocycles. The lowest BCUT2D eigenvalue weighted by molar-refractivity contribution is -0.115. The standard InChI is InChI=1S/C20H15F2N3OS/c1-12-2-7-17(16(22)8-12)23-19(26)9-15-11-27-20-24-18(10-25(15)20)13-3-5-14(21)6-4-13/h2-8,10-11H,9H2,1H3,(H,23,26). The van der Waals surface area contributed by atoms with Gasteiger partial charge in [0.15, 0.2) is 4.96 Å². The van der Waals surface area contributed by atoms with Gasteiger partial charge in [0.05, 0.1) is 17.8 Å². The Morgan fingerprint density at radius 2 is 1.96 bits per heavy atom. The van der Waals surface area contributed by atoms with Gasteiger partial charge >= 0.3 is 0 Å². The maximum atomic E-state index is 13.9. The maximum Gasteiger partial charge on any atom is 0.230 e. The van der Waals surface area contributed by atoms with Crippen LogP contribution in [0.5, 0.6) is 0 Å². The van der Waals surface area contributed by atoms with Crippen LogP contribution in [0.4, 0.5) is 14.5 Å². The van der Waals surface area contributed by atoms with Crippen LogP contribution in [0.25, 0.3) is 16.2 Å². The Morgan fingerprint density at radius 3 is 2.70 bits per heavy atom. The largest absolute Gasteiger partial charge is 0.323 e. The number of fused-ring (bicyclic) bond motifs is 1. The highest BCUT2D eigenvalue weighted by molar-refractivity contribution is 7.15. The predicted molar refractivity (Wildman–Crippen MR) is 102 cm³/mol. The Balaban J connectivity index is 1.55. The summed E-state index contributed by atoms with van der Waals surface area (Å²) < 4.78 is 28.8. The van der Waals surface area contributed by atoms with E-state index in [0.717, 1.165) is 21.8 Å². The molecule has 4 rings (SSSR count). The maximum absolute atomic E-state index is 13.9. The highest BCUT2D eigenvalue weighted by Crippen LogP contribution is 2.24. The molecule has 2 aromatic carbocycles. The summed E-state index contributed by atoms with van der Waals surface area (Å²) in [6, 6.07) is 10.8. The molecule has 136 valence electrons. The molecular weight excluding hydrogens is 368 g/mol. The number of aromatic nitrogens is 2. The minimum atomic E-state index is -0.458. The van der Waals surface area contributed by atoms with Crippen molar-refractivity contribution in [2.75, 3.05) is 5.32 Å². The van der Waals surface area contributed by atoms with Crippen LogP contribution in [0.1, 0.15) is 11.3 Å². The van der Waals surface area contributed by atoms with Crippen LogP contribution >= 0.6 is 11.3 Å². The molecule has 0 bridgehead atoms. The summed E-state index contributed by atoms with van der Waals surface area (Å²) in [6.07, 6.45) is 1.90. The Morgan fingerprint density at radius 1 is 1.19 bits per heavy atom. The van der Waals surface area contributed by atoms with Crippen molar-refractivity contribution in [1.29, 1.82) is 0 Å². The molecule has 0 spiro atoms. The van der Waals surface area contributed by atoms with Crippen molar-refractivity contribution in [3.63, 3.8) is 0 Å². The van der Waals surface area contributed by atoms with Crippen molar-refractivity contribution in [3.05, 3.63) is 76.9 Å². The summed E-state index contributed by atoms with van der Waals surface area (Å²) in [5.41, 5.74) is 3.20. The van der Waals surface area contributed by atoms with Crippen molar-refractivity contribution < 1.29 is 13.6 Å². The van der Waals surface area contributed by atoms with Crippen LogP contribution in [0.3, 0.4) is 0 Å². The molecular formula is C20H15F2N3OS. The van der Waals surface area contributed by atoms with Crippen LogP contribution in [0.15, 0.2) is 54.0 Å². The highest BCUT2D eigenvalue weighted by Gasteiger charge is 2.14. The van der Waals surface area contributed by atoms with E-state index in [1.807, 2.05) is 16.0 Å². The van der Waals surface area contributed by atoms with Gasteiger partial charge < -0.3 is 5.32 Å². The fourth-order valence-corrected chi connectivity index (χ4v) is 3.67. The third-order valence-electron chi connectivity index (χ3n) is 4.16. The second-order valence-corrected chi connectivity index (χ2v) is 7.06. The Bertz CT molecular complexity index is 1130. The quantitative estimate of drug-likeness (QED) is 0.549. The van der Waals surface area contributed by atoms with Gasteiger partial charge in [-0.1, -0.05) is 6.07 Å². The second kappa shape index (κ2) is 6.92. The third kappa shape index (κ3) is 3.59. The van der Waals surface area contributed by atoms with E-state index in [1.165, 1.54) is 29.5 Å². The highest BCUT2D eigenvalue weighted by atomic mass is 32.1. The molecule has 7 heteroatoms. The molecule has 0 aliphatic heterocycles. The lowest BCUT2D eigenvalue weighted by atomic mass is 10.2. The fourth-order valence-electron chi connectivity index (χ4n) is 2.80. The normalized spacial score (nSPS) is 11.1. The average molecular weight is 383 g/mol. The molecule has 1 N–H and O–H groups in total. The van der Waals surface area contributed by atoms with E-state index in [1.54, 1.807) is 31.2 Å². The number of halogens is 2. The topological polar surface area (TPSA) is 46.4 Å². The smallest absolute Gasteiger partial charge is 0.230 e. The van der Waals surface area contributed by atoms with Gasteiger partial charge in [-0.05, 0) is 48.9 Å². The van der Waals surface area contributed by atoms with E-state index in [2.05, 4.69) is 10.3 Å². The summed E-state index contributed by atoms with van der Waals surface area (Å²) in [4.78, 5) is 17.6. The second-order valence-electron chi connectivity index (χ2n) is 6.22. The van der Waals surface area contributed by atoms with E-state index in [4.69, 9.17) is 0 Å². The third-order valence-corrected chi connectivity index (χ3v) is 5.05. The van der Waals surface area contributed by atoms with Gasteiger partial charge in [0.25, 0.3) is 0 Å². The Hall–Kier alpha value is -3.06.